The molecular formula is C21H21N3O4. The van der Waals surface area contributed by atoms with Gasteiger partial charge in [-0.3, -0.25) is 4.79 Å². The fraction of sp³-hybridized carbons (Fsp3) is 0.190. The summed E-state index contributed by atoms with van der Waals surface area (Å²) in [5, 5.41) is 6.84. The van der Waals surface area contributed by atoms with E-state index in [1.807, 2.05) is 13.0 Å². The Labute approximate surface area is 162 Å². The zero-order chi connectivity index (χ0) is 19.9. The number of ether oxygens (including phenoxy) is 2. The molecule has 0 aliphatic heterocycles. The molecule has 0 unspecified atom stereocenters. The molecule has 3 aromatic rings. The fourth-order valence-electron chi connectivity index (χ4n) is 2.50. The lowest BCUT2D eigenvalue weighted by Gasteiger charge is -2.14. The lowest BCUT2D eigenvalue weighted by Crippen LogP contribution is -2.30. The third-order valence-electron chi connectivity index (χ3n) is 3.96. The lowest BCUT2D eigenvalue weighted by atomic mass is 10.2. The molecule has 1 N–H and O–H groups in total. The second-order valence-corrected chi connectivity index (χ2v) is 5.99. The Morgan fingerprint density at radius 3 is 2.43 bits per heavy atom. The number of hydrogen-bond donors (Lipinski definition) is 1. The predicted molar refractivity (Wildman–Crippen MR) is 105 cm³/mol. The third-order valence-corrected chi connectivity index (χ3v) is 3.96. The van der Waals surface area contributed by atoms with E-state index < -0.39 is 18.0 Å². The molecular weight excluding hydrogens is 358 g/mol. The van der Waals surface area contributed by atoms with Crippen LogP contribution in [0.25, 0.3) is 5.69 Å². The first-order valence-corrected chi connectivity index (χ1v) is 8.91. The molecule has 1 atom stereocenters. The van der Waals surface area contributed by atoms with Gasteiger partial charge in [-0.25, -0.2) is 9.48 Å². The zero-order valence-electron chi connectivity index (χ0n) is 15.7. The zero-order valence-corrected chi connectivity index (χ0v) is 15.7. The van der Waals surface area contributed by atoms with Crippen molar-refractivity contribution in [3.8, 4) is 11.4 Å². The first-order chi connectivity index (χ1) is 13.6. The minimum absolute atomic E-state index is 0.358. The number of rotatable bonds is 7. The van der Waals surface area contributed by atoms with E-state index in [9.17, 15) is 9.59 Å². The largest absolute Gasteiger partial charge is 0.494 e. The van der Waals surface area contributed by atoms with Crippen molar-refractivity contribution in [3.05, 3.63) is 72.6 Å². The molecule has 7 nitrogen and oxygen atoms in total. The molecule has 7 heteroatoms. The Kier molecular flexibility index (Phi) is 6.06. The summed E-state index contributed by atoms with van der Waals surface area (Å²) in [5.74, 6) is -0.259. The average molecular weight is 379 g/mol. The number of carbonyl (C=O) groups is 2. The van der Waals surface area contributed by atoms with Crippen molar-refractivity contribution in [1.29, 1.82) is 0 Å². The molecule has 0 aliphatic carbocycles. The minimum atomic E-state index is -0.940. The number of anilines is 1. The number of benzene rings is 2. The Hall–Kier alpha value is -3.61. The van der Waals surface area contributed by atoms with E-state index in [-0.39, 0.29) is 0 Å². The van der Waals surface area contributed by atoms with Crippen LogP contribution in [0.5, 0.6) is 5.75 Å². The summed E-state index contributed by atoms with van der Waals surface area (Å²) in [7, 11) is 0. The van der Waals surface area contributed by atoms with Crippen LogP contribution in [0.3, 0.4) is 0 Å². The molecule has 144 valence electrons. The number of esters is 1. The Morgan fingerprint density at radius 1 is 1.11 bits per heavy atom. The summed E-state index contributed by atoms with van der Waals surface area (Å²) in [6.45, 7) is 4.00. The van der Waals surface area contributed by atoms with Gasteiger partial charge in [-0.2, -0.15) is 5.10 Å². The van der Waals surface area contributed by atoms with Gasteiger partial charge in [0, 0.05) is 18.1 Å². The normalized spacial score (nSPS) is 11.5. The molecule has 0 bridgehead atoms. The van der Waals surface area contributed by atoms with Crippen molar-refractivity contribution in [2.75, 3.05) is 11.9 Å². The predicted octanol–water partition coefficient (Wildman–Crippen LogP) is 3.46. The van der Waals surface area contributed by atoms with Gasteiger partial charge in [-0.05, 0) is 68.4 Å². The van der Waals surface area contributed by atoms with Crippen molar-refractivity contribution in [2.24, 2.45) is 0 Å². The van der Waals surface area contributed by atoms with E-state index in [4.69, 9.17) is 9.47 Å². The molecule has 1 aromatic heterocycles. The van der Waals surface area contributed by atoms with Crippen LogP contribution in [0.4, 0.5) is 5.69 Å². The lowest BCUT2D eigenvalue weighted by molar-refractivity contribution is -0.123. The molecule has 0 aliphatic rings. The molecule has 1 amide bonds. The number of nitrogens with zero attached hydrogens (tertiary/aromatic N) is 2. The van der Waals surface area contributed by atoms with Gasteiger partial charge in [0.05, 0.1) is 17.9 Å². The van der Waals surface area contributed by atoms with Crippen LogP contribution in [0, 0.1) is 0 Å². The highest BCUT2D eigenvalue weighted by molar-refractivity contribution is 5.97. The van der Waals surface area contributed by atoms with Crippen molar-refractivity contribution in [2.45, 2.75) is 20.0 Å². The molecule has 0 saturated carbocycles. The maximum atomic E-state index is 12.3. The number of hydrogen-bond acceptors (Lipinski definition) is 5. The van der Waals surface area contributed by atoms with Crippen LogP contribution in [0.2, 0.25) is 0 Å². The average Bonchev–Trinajstić information content (AvgIpc) is 3.24. The van der Waals surface area contributed by atoms with Crippen molar-refractivity contribution < 1.29 is 19.1 Å². The summed E-state index contributed by atoms with van der Waals surface area (Å²) in [6, 6.07) is 15.6. The molecule has 3 rings (SSSR count). The van der Waals surface area contributed by atoms with E-state index in [1.165, 1.54) is 6.92 Å². The van der Waals surface area contributed by atoms with Gasteiger partial charge >= 0.3 is 5.97 Å². The smallest absolute Gasteiger partial charge is 0.338 e. The third kappa shape index (κ3) is 4.76. The first-order valence-electron chi connectivity index (χ1n) is 8.91. The summed E-state index contributed by atoms with van der Waals surface area (Å²) in [6.07, 6.45) is 2.54. The van der Waals surface area contributed by atoms with Crippen LogP contribution in [-0.2, 0) is 9.53 Å². The molecule has 0 saturated heterocycles. The van der Waals surface area contributed by atoms with E-state index in [2.05, 4.69) is 10.4 Å². The molecule has 1 heterocycles. The fourth-order valence-corrected chi connectivity index (χ4v) is 2.50. The second-order valence-electron chi connectivity index (χ2n) is 5.99. The van der Waals surface area contributed by atoms with Crippen LogP contribution in [-0.4, -0.2) is 34.4 Å². The van der Waals surface area contributed by atoms with Crippen molar-refractivity contribution in [3.63, 3.8) is 0 Å². The maximum Gasteiger partial charge on any atom is 0.338 e. The Morgan fingerprint density at radius 2 is 1.82 bits per heavy atom. The van der Waals surface area contributed by atoms with Crippen molar-refractivity contribution in [1.82, 2.24) is 9.78 Å². The number of amides is 1. The molecule has 28 heavy (non-hydrogen) atoms. The van der Waals surface area contributed by atoms with Gasteiger partial charge in [0.15, 0.2) is 6.10 Å². The van der Waals surface area contributed by atoms with E-state index in [0.29, 0.717) is 17.9 Å². The molecule has 2 aromatic carbocycles. The summed E-state index contributed by atoms with van der Waals surface area (Å²) >= 11 is 0. The van der Waals surface area contributed by atoms with Crippen LogP contribution < -0.4 is 10.1 Å². The van der Waals surface area contributed by atoms with E-state index >= 15 is 0 Å². The quantitative estimate of drug-likeness (QED) is 0.636. The van der Waals surface area contributed by atoms with E-state index in [0.717, 1.165) is 11.4 Å². The Balaban J connectivity index is 1.56. The molecule has 0 fully saturated rings. The summed E-state index contributed by atoms with van der Waals surface area (Å²) < 4.78 is 12.3. The van der Waals surface area contributed by atoms with Gasteiger partial charge in [0.25, 0.3) is 5.91 Å². The van der Waals surface area contributed by atoms with Gasteiger partial charge < -0.3 is 14.8 Å². The van der Waals surface area contributed by atoms with Crippen LogP contribution in [0.1, 0.15) is 24.2 Å². The number of nitrogens with one attached hydrogen (secondary N) is 1. The first kappa shape index (κ1) is 19.2. The topological polar surface area (TPSA) is 82.5 Å². The molecule has 0 spiro atoms. The SMILES string of the molecule is CCOc1ccc(NC(=O)[C@H](C)OC(=O)c2ccc(-n3cccn3)cc2)cc1. The summed E-state index contributed by atoms with van der Waals surface area (Å²) in [5.41, 5.74) is 1.78. The molecule has 0 radical (unpaired) electrons. The highest BCUT2D eigenvalue weighted by Crippen LogP contribution is 2.16. The minimum Gasteiger partial charge on any atom is -0.494 e. The standard InChI is InChI=1S/C21H21N3O4/c1-3-27-19-11-7-17(8-12-19)23-20(25)15(2)28-21(26)16-5-9-18(10-6-16)24-14-4-13-22-24/h4-15H,3H2,1-2H3,(H,23,25)/t15-/m0/s1. The van der Waals surface area contributed by atoms with Gasteiger partial charge in [0.1, 0.15) is 5.75 Å². The second kappa shape index (κ2) is 8.85. The highest BCUT2D eigenvalue weighted by Gasteiger charge is 2.19. The van der Waals surface area contributed by atoms with Gasteiger partial charge in [-0.1, -0.05) is 0 Å². The highest BCUT2D eigenvalue weighted by atomic mass is 16.5. The number of carbonyl (C=O) groups excluding carboxylic acids is 2. The van der Waals surface area contributed by atoms with E-state index in [1.54, 1.807) is 65.6 Å². The Bertz CT molecular complexity index is 919. The van der Waals surface area contributed by atoms with Gasteiger partial charge in [0.2, 0.25) is 0 Å². The monoisotopic (exact) mass is 379 g/mol. The number of aromatic nitrogens is 2. The van der Waals surface area contributed by atoms with Crippen molar-refractivity contribution >= 4 is 17.6 Å². The van der Waals surface area contributed by atoms with Crippen LogP contribution in [0.15, 0.2) is 67.0 Å². The van der Waals surface area contributed by atoms with Crippen LogP contribution >= 0.6 is 0 Å². The summed E-state index contributed by atoms with van der Waals surface area (Å²) in [4.78, 5) is 24.6. The van der Waals surface area contributed by atoms with Gasteiger partial charge in [-0.15, -0.1) is 0 Å². The maximum absolute atomic E-state index is 12.3.